The van der Waals surface area contributed by atoms with Crippen LogP contribution >= 0.6 is 11.6 Å². The summed E-state index contributed by atoms with van der Waals surface area (Å²) < 4.78 is 15.6. The minimum absolute atomic E-state index is 0.0460. The van der Waals surface area contributed by atoms with Crippen LogP contribution in [0.4, 0.5) is 10.1 Å². The van der Waals surface area contributed by atoms with Crippen molar-refractivity contribution in [2.75, 3.05) is 11.4 Å². The van der Waals surface area contributed by atoms with Gasteiger partial charge in [-0.2, -0.15) is 0 Å². The standard InChI is InChI=1S/C23H17ClFN3O/c24-18-2-4-21-17(10-18)6-8-28(23(21)29)20-9-15(12-26-13-20)14-27-7-5-16-1-3-19(25)11-22(16)27/h1-5,7,9-13H,6,8,14H2. The van der Waals surface area contributed by atoms with Gasteiger partial charge in [-0.1, -0.05) is 11.6 Å². The highest BCUT2D eigenvalue weighted by Gasteiger charge is 2.26. The monoisotopic (exact) mass is 405 g/mol. The largest absolute Gasteiger partial charge is 0.343 e. The van der Waals surface area contributed by atoms with Crippen molar-refractivity contribution in [2.45, 2.75) is 13.0 Å². The number of halogens is 2. The molecule has 0 aliphatic carbocycles. The number of pyridine rings is 1. The summed E-state index contributed by atoms with van der Waals surface area (Å²) in [6.07, 6.45) is 6.16. The van der Waals surface area contributed by atoms with E-state index < -0.39 is 0 Å². The number of amides is 1. The van der Waals surface area contributed by atoms with Crippen LogP contribution in [0.1, 0.15) is 21.5 Å². The zero-order valence-electron chi connectivity index (χ0n) is 15.5. The minimum atomic E-state index is -0.262. The Morgan fingerprint density at radius 3 is 2.86 bits per heavy atom. The third-order valence-corrected chi connectivity index (χ3v) is 5.56. The Labute approximate surface area is 172 Å². The average molecular weight is 406 g/mol. The van der Waals surface area contributed by atoms with Gasteiger partial charge in [0.1, 0.15) is 5.82 Å². The summed E-state index contributed by atoms with van der Waals surface area (Å²) >= 11 is 6.06. The molecule has 0 spiro atoms. The van der Waals surface area contributed by atoms with Crippen LogP contribution in [-0.2, 0) is 13.0 Å². The van der Waals surface area contributed by atoms with Crippen molar-refractivity contribution in [3.63, 3.8) is 0 Å². The molecule has 1 amide bonds. The zero-order valence-corrected chi connectivity index (χ0v) is 16.2. The van der Waals surface area contributed by atoms with Crippen LogP contribution in [0, 0.1) is 5.82 Å². The number of carbonyl (C=O) groups is 1. The number of carbonyl (C=O) groups excluding carboxylic acids is 1. The number of anilines is 1. The van der Waals surface area contributed by atoms with E-state index in [1.54, 1.807) is 35.5 Å². The van der Waals surface area contributed by atoms with Crippen molar-refractivity contribution in [3.8, 4) is 0 Å². The van der Waals surface area contributed by atoms with Gasteiger partial charge in [-0.3, -0.25) is 9.78 Å². The lowest BCUT2D eigenvalue weighted by atomic mass is 9.98. The highest BCUT2D eigenvalue weighted by Crippen LogP contribution is 2.27. The molecule has 4 aromatic rings. The van der Waals surface area contributed by atoms with Crippen molar-refractivity contribution < 1.29 is 9.18 Å². The molecule has 29 heavy (non-hydrogen) atoms. The number of hydrogen-bond donors (Lipinski definition) is 0. The van der Waals surface area contributed by atoms with Gasteiger partial charge in [0.05, 0.1) is 17.4 Å². The Kier molecular flexibility index (Phi) is 4.32. The highest BCUT2D eigenvalue weighted by atomic mass is 35.5. The number of hydrogen-bond acceptors (Lipinski definition) is 2. The van der Waals surface area contributed by atoms with Crippen LogP contribution in [0.3, 0.4) is 0 Å². The maximum Gasteiger partial charge on any atom is 0.258 e. The first-order chi connectivity index (χ1) is 14.1. The molecule has 0 saturated heterocycles. The van der Waals surface area contributed by atoms with Crippen LogP contribution in [-0.4, -0.2) is 22.0 Å². The Morgan fingerprint density at radius 2 is 1.97 bits per heavy atom. The van der Waals surface area contributed by atoms with E-state index in [9.17, 15) is 9.18 Å². The molecule has 3 heterocycles. The molecule has 6 heteroatoms. The van der Waals surface area contributed by atoms with E-state index in [4.69, 9.17) is 11.6 Å². The topological polar surface area (TPSA) is 38.1 Å². The molecule has 0 fully saturated rings. The summed E-state index contributed by atoms with van der Waals surface area (Å²) in [5, 5.41) is 1.63. The second-order valence-electron chi connectivity index (χ2n) is 7.21. The van der Waals surface area contributed by atoms with Crippen LogP contribution in [0.2, 0.25) is 5.02 Å². The molecule has 2 aromatic carbocycles. The van der Waals surface area contributed by atoms with Crippen molar-refractivity contribution in [2.24, 2.45) is 0 Å². The maximum atomic E-state index is 13.7. The predicted molar refractivity (Wildman–Crippen MR) is 112 cm³/mol. The molecule has 1 aliphatic heterocycles. The molecule has 4 nitrogen and oxygen atoms in total. The number of aromatic nitrogens is 2. The number of fused-ring (bicyclic) bond motifs is 2. The summed E-state index contributed by atoms with van der Waals surface area (Å²) in [5.41, 5.74) is 4.19. The molecule has 0 saturated carbocycles. The van der Waals surface area contributed by atoms with E-state index in [1.165, 1.54) is 12.1 Å². The van der Waals surface area contributed by atoms with E-state index in [2.05, 4.69) is 4.98 Å². The zero-order chi connectivity index (χ0) is 20.0. The normalized spacial score (nSPS) is 13.7. The Bertz CT molecular complexity index is 1250. The third-order valence-electron chi connectivity index (χ3n) is 5.33. The first kappa shape index (κ1) is 17.9. The highest BCUT2D eigenvalue weighted by molar-refractivity contribution is 6.30. The van der Waals surface area contributed by atoms with E-state index in [1.807, 2.05) is 29.0 Å². The molecule has 0 atom stereocenters. The first-order valence-electron chi connectivity index (χ1n) is 9.37. The molecule has 5 rings (SSSR count). The number of rotatable bonds is 3. The molecule has 1 aliphatic rings. The fraction of sp³-hybridized carbons (Fsp3) is 0.130. The molecule has 144 valence electrons. The number of benzene rings is 2. The molecule has 0 radical (unpaired) electrons. The van der Waals surface area contributed by atoms with Gasteiger partial charge in [0.25, 0.3) is 5.91 Å². The van der Waals surface area contributed by atoms with Crippen molar-refractivity contribution in [3.05, 3.63) is 94.7 Å². The Hall–Kier alpha value is -3.18. The molecular weight excluding hydrogens is 389 g/mol. The second kappa shape index (κ2) is 7.01. The smallest absolute Gasteiger partial charge is 0.258 e. The van der Waals surface area contributed by atoms with E-state index >= 15 is 0 Å². The lowest BCUT2D eigenvalue weighted by molar-refractivity contribution is 0.0980. The molecule has 2 aromatic heterocycles. The molecule has 0 N–H and O–H groups in total. The summed E-state index contributed by atoms with van der Waals surface area (Å²) in [7, 11) is 0. The van der Waals surface area contributed by atoms with Gasteiger partial charge in [-0.15, -0.1) is 0 Å². The van der Waals surface area contributed by atoms with Crippen LogP contribution in [0.15, 0.2) is 67.1 Å². The van der Waals surface area contributed by atoms with Gasteiger partial charge in [0.2, 0.25) is 0 Å². The van der Waals surface area contributed by atoms with Crippen LogP contribution in [0.25, 0.3) is 10.9 Å². The van der Waals surface area contributed by atoms with Crippen molar-refractivity contribution >= 4 is 34.1 Å². The van der Waals surface area contributed by atoms with E-state index in [0.29, 0.717) is 23.7 Å². The SMILES string of the molecule is O=C1c2ccc(Cl)cc2CCN1c1cncc(Cn2ccc3ccc(F)cc32)c1. The summed E-state index contributed by atoms with van der Waals surface area (Å²) in [5.74, 6) is -0.308. The average Bonchev–Trinajstić information content (AvgIpc) is 3.10. The van der Waals surface area contributed by atoms with Crippen LogP contribution in [0.5, 0.6) is 0 Å². The lowest BCUT2D eigenvalue weighted by Crippen LogP contribution is -2.37. The lowest BCUT2D eigenvalue weighted by Gasteiger charge is -2.28. The summed E-state index contributed by atoms with van der Waals surface area (Å²) in [4.78, 5) is 19.1. The van der Waals surface area contributed by atoms with Gasteiger partial charge in [0.15, 0.2) is 0 Å². The van der Waals surface area contributed by atoms with Crippen molar-refractivity contribution in [1.29, 1.82) is 0 Å². The third kappa shape index (κ3) is 3.28. The summed E-state index contributed by atoms with van der Waals surface area (Å²) in [6.45, 7) is 1.12. The fourth-order valence-corrected chi connectivity index (χ4v) is 4.10. The maximum absolute atomic E-state index is 13.7. The van der Waals surface area contributed by atoms with E-state index in [0.717, 1.165) is 34.1 Å². The van der Waals surface area contributed by atoms with Gasteiger partial charge in [0, 0.05) is 36.1 Å². The van der Waals surface area contributed by atoms with Gasteiger partial charge in [-0.05, 0) is 71.5 Å². The molecule has 0 bridgehead atoms. The number of nitrogens with zero attached hydrogens (tertiary/aromatic N) is 3. The van der Waals surface area contributed by atoms with Gasteiger partial charge < -0.3 is 9.47 Å². The fourth-order valence-electron chi connectivity index (χ4n) is 3.90. The van der Waals surface area contributed by atoms with Crippen molar-refractivity contribution in [1.82, 2.24) is 9.55 Å². The first-order valence-corrected chi connectivity index (χ1v) is 9.75. The Balaban J connectivity index is 1.45. The predicted octanol–water partition coefficient (Wildman–Crippen LogP) is 5.08. The quantitative estimate of drug-likeness (QED) is 0.476. The Morgan fingerprint density at radius 1 is 1.07 bits per heavy atom. The van der Waals surface area contributed by atoms with Gasteiger partial charge in [-0.25, -0.2) is 4.39 Å². The van der Waals surface area contributed by atoms with Crippen LogP contribution < -0.4 is 4.90 Å². The molecular formula is C23H17ClFN3O. The summed E-state index contributed by atoms with van der Waals surface area (Å²) in [6, 6.07) is 14.1. The molecule has 0 unspecified atom stereocenters. The van der Waals surface area contributed by atoms with Gasteiger partial charge >= 0.3 is 0 Å². The minimum Gasteiger partial charge on any atom is -0.343 e. The van der Waals surface area contributed by atoms with E-state index in [-0.39, 0.29) is 11.7 Å². The second-order valence-corrected chi connectivity index (χ2v) is 7.64.